The highest BCUT2D eigenvalue weighted by molar-refractivity contribution is 5.95. The van der Waals surface area contributed by atoms with E-state index in [0.29, 0.717) is 11.6 Å². The van der Waals surface area contributed by atoms with Gasteiger partial charge in [0.05, 0.1) is 12.0 Å². The molecule has 0 bridgehead atoms. The summed E-state index contributed by atoms with van der Waals surface area (Å²) >= 11 is 0. The number of allylic oxidation sites excluding steroid dienone is 2. The van der Waals surface area contributed by atoms with E-state index in [1.54, 1.807) is 6.07 Å². The number of hydrogen-bond acceptors (Lipinski definition) is 3. The molecule has 5 rings (SSSR count). The van der Waals surface area contributed by atoms with Crippen LogP contribution in [0.5, 0.6) is 0 Å². The Bertz CT molecular complexity index is 1050. The van der Waals surface area contributed by atoms with Crippen LogP contribution >= 0.6 is 0 Å². The number of anilines is 1. The zero-order chi connectivity index (χ0) is 17.7. The van der Waals surface area contributed by atoms with Crippen molar-refractivity contribution in [3.05, 3.63) is 89.5 Å². The van der Waals surface area contributed by atoms with Gasteiger partial charge >= 0.3 is 0 Å². The van der Waals surface area contributed by atoms with Crippen LogP contribution in [0.3, 0.4) is 0 Å². The minimum Gasteiger partial charge on any atom is -0.545 e. The van der Waals surface area contributed by atoms with Crippen LogP contribution in [0.4, 0.5) is 5.69 Å². The Kier molecular flexibility index (Phi) is 3.35. The van der Waals surface area contributed by atoms with E-state index in [9.17, 15) is 9.90 Å². The highest BCUT2D eigenvalue weighted by Crippen LogP contribution is 2.51. The third-order valence-electron chi connectivity index (χ3n) is 5.78. The zero-order valence-electron chi connectivity index (χ0n) is 14.2. The first kappa shape index (κ1) is 15.2. The van der Waals surface area contributed by atoms with E-state index in [0.717, 1.165) is 12.0 Å². The molecule has 0 aromatic heterocycles. The van der Waals surface area contributed by atoms with Crippen LogP contribution in [-0.4, -0.2) is 5.97 Å². The van der Waals surface area contributed by atoms with E-state index in [-0.39, 0.29) is 17.5 Å². The third-order valence-corrected chi connectivity index (χ3v) is 5.78. The van der Waals surface area contributed by atoms with Crippen molar-refractivity contribution < 1.29 is 9.90 Å². The predicted octanol–water partition coefficient (Wildman–Crippen LogP) is 4.03. The summed E-state index contributed by atoms with van der Waals surface area (Å²) in [4.78, 5) is 11.7. The molecular weight excluding hydrogens is 322 g/mol. The molecule has 0 unspecified atom stereocenters. The standard InChI is InChI=1S/C23H19NO2/c25-23(26)20-13-5-12-19-16-9-4-11-18(16)21(24-22(19)20)17-10-3-7-14-6-1-2-8-15(14)17/h1-10,12-13,16,18,21,24H,11H2,(H,25,26)/p-1/t16-,18+,21-/m0/s1. The number of nitrogens with one attached hydrogen (secondary N) is 1. The van der Waals surface area contributed by atoms with E-state index in [1.807, 2.05) is 18.2 Å². The van der Waals surface area contributed by atoms with Crippen molar-refractivity contribution in [1.82, 2.24) is 0 Å². The second-order valence-electron chi connectivity index (χ2n) is 7.10. The first-order chi connectivity index (χ1) is 12.7. The zero-order valence-corrected chi connectivity index (χ0v) is 14.2. The van der Waals surface area contributed by atoms with E-state index in [2.05, 4.69) is 53.9 Å². The SMILES string of the molecule is O=C([O-])c1cccc2c1N[C@@H](c1cccc3ccccc13)[C@@H]1CC=C[C@H]21. The smallest absolute Gasteiger partial charge is 0.0736 e. The summed E-state index contributed by atoms with van der Waals surface area (Å²) in [6, 6.07) is 20.2. The molecule has 128 valence electrons. The Hall–Kier alpha value is -3.07. The molecular formula is C23H18NO2-. The minimum atomic E-state index is -1.13. The van der Waals surface area contributed by atoms with E-state index in [4.69, 9.17) is 0 Å². The summed E-state index contributed by atoms with van der Waals surface area (Å²) in [5.74, 6) is -0.522. The molecule has 0 radical (unpaired) electrons. The molecule has 0 fully saturated rings. The van der Waals surface area contributed by atoms with Gasteiger partial charge in [0.1, 0.15) is 0 Å². The predicted molar refractivity (Wildman–Crippen MR) is 101 cm³/mol. The van der Waals surface area contributed by atoms with Crippen molar-refractivity contribution in [2.75, 3.05) is 5.32 Å². The summed E-state index contributed by atoms with van der Waals surface area (Å²) in [5, 5.41) is 17.6. The Morgan fingerprint density at radius 1 is 0.962 bits per heavy atom. The van der Waals surface area contributed by atoms with Crippen molar-refractivity contribution in [1.29, 1.82) is 0 Å². The van der Waals surface area contributed by atoms with Gasteiger partial charge in [-0.05, 0) is 34.2 Å². The van der Waals surface area contributed by atoms with Crippen molar-refractivity contribution in [3.63, 3.8) is 0 Å². The first-order valence-electron chi connectivity index (χ1n) is 8.99. The fraction of sp³-hybridized carbons (Fsp3) is 0.174. The topological polar surface area (TPSA) is 52.2 Å². The number of aromatic carboxylic acids is 1. The lowest BCUT2D eigenvalue weighted by atomic mass is 9.75. The van der Waals surface area contributed by atoms with E-state index < -0.39 is 5.97 Å². The molecule has 3 heteroatoms. The molecule has 0 amide bonds. The number of rotatable bonds is 2. The van der Waals surface area contributed by atoms with Crippen molar-refractivity contribution in [2.24, 2.45) is 5.92 Å². The molecule has 3 aromatic rings. The van der Waals surface area contributed by atoms with Crippen molar-refractivity contribution >= 4 is 22.4 Å². The largest absolute Gasteiger partial charge is 0.545 e. The highest BCUT2D eigenvalue weighted by Gasteiger charge is 2.39. The minimum absolute atomic E-state index is 0.0640. The van der Waals surface area contributed by atoms with Crippen LogP contribution in [0.15, 0.2) is 72.8 Å². The maximum absolute atomic E-state index is 11.7. The van der Waals surface area contributed by atoms with Gasteiger partial charge in [-0.2, -0.15) is 0 Å². The molecule has 26 heavy (non-hydrogen) atoms. The number of hydrogen-bond donors (Lipinski definition) is 1. The number of carbonyl (C=O) groups is 1. The van der Waals surface area contributed by atoms with Crippen LogP contribution in [-0.2, 0) is 0 Å². The second-order valence-corrected chi connectivity index (χ2v) is 7.10. The maximum Gasteiger partial charge on any atom is 0.0736 e. The number of para-hydroxylation sites is 1. The van der Waals surface area contributed by atoms with Gasteiger partial charge in [-0.25, -0.2) is 0 Å². The number of carboxylic acid groups (broad SMARTS) is 1. The maximum atomic E-state index is 11.7. The first-order valence-corrected chi connectivity index (χ1v) is 8.99. The van der Waals surface area contributed by atoms with Crippen molar-refractivity contribution in [2.45, 2.75) is 18.4 Å². The molecule has 3 nitrogen and oxygen atoms in total. The molecule has 3 atom stereocenters. The summed E-state index contributed by atoms with van der Waals surface area (Å²) in [7, 11) is 0. The molecule has 2 aliphatic rings. The molecule has 3 aromatic carbocycles. The molecule has 1 aliphatic heterocycles. The summed E-state index contributed by atoms with van der Waals surface area (Å²) in [5.41, 5.74) is 3.23. The van der Waals surface area contributed by atoms with Gasteiger partial charge in [-0.15, -0.1) is 0 Å². The van der Waals surface area contributed by atoms with Gasteiger partial charge in [0.15, 0.2) is 0 Å². The van der Waals surface area contributed by atoms with Gasteiger partial charge in [0.25, 0.3) is 0 Å². The third kappa shape index (κ3) is 2.17. The lowest BCUT2D eigenvalue weighted by Gasteiger charge is -2.39. The Morgan fingerprint density at radius 2 is 1.73 bits per heavy atom. The average Bonchev–Trinajstić information content (AvgIpc) is 3.16. The monoisotopic (exact) mass is 340 g/mol. The Labute approximate surface area is 152 Å². The lowest BCUT2D eigenvalue weighted by molar-refractivity contribution is -0.254. The molecule has 1 heterocycles. The van der Waals surface area contributed by atoms with Gasteiger partial charge in [-0.1, -0.05) is 72.8 Å². The lowest BCUT2D eigenvalue weighted by Crippen LogP contribution is -2.32. The average molecular weight is 340 g/mol. The number of fused-ring (bicyclic) bond motifs is 4. The fourth-order valence-corrected chi connectivity index (χ4v) is 4.62. The fourth-order valence-electron chi connectivity index (χ4n) is 4.62. The summed E-state index contributed by atoms with van der Waals surface area (Å²) in [6.45, 7) is 0. The number of benzene rings is 3. The Balaban J connectivity index is 1.71. The summed E-state index contributed by atoms with van der Waals surface area (Å²) < 4.78 is 0. The molecule has 1 N–H and O–H groups in total. The van der Waals surface area contributed by atoms with Crippen LogP contribution in [0.25, 0.3) is 10.8 Å². The van der Waals surface area contributed by atoms with Gasteiger partial charge in [-0.3, -0.25) is 0 Å². The van der Waals surface area contributed by atoms with E-state index >= 15 is 0 Å². The second kappa shape index (κ2) is 5.73. The Morgan fingerprint density at radius 3 is 2.62 bits per heavy atom. The van der Waals surface area contributed by atoms with Gasteiger partial charge in [0.2, 0.25) is 0 Å². The van der Waals surface area contributed by atoms with E-state index in [1.165, 1.54) is 16.3 Å². The number of carbonyl (C=O) groups excluding carboxylic acids is 1. The molecule has 0 saturated carbocycles. The van der Waals surface area contributed by atoms with Crippen LogP contribution in [0.2, 0.25) is 0 Å². The van der Waals surface area contributed by atoms with Crippen molar-refractivity contribution in [3.8, 4) is 0 Å². The van der Waals surface area contributed by atoms with Gasteiger partial charge in [0, 0.05) is 17.2 Å². The van der Waals surface area contributed by atoms with Crippen LogP contribution < -0.4 is 10.4 Å². The molecule has 1 aliphatic carbocycles. The molecule has 0 saturated heterocycles. The summed E-state index contributed by atoms with van der Waals surface area (Å²) in [6.07, 6.45) is 5.43. The van der Waals surface area contributed by atoms with Gasteiger partial charge < -0.3 is 15.2 Å². The van der Waals surface area contributed by atoms with Crippen LogP contribution in [0, 0.1) is 5.92 Å². The normalized spacial score (nSPS) is 23.3. The molecule has 0 spiro atoms. The van der Waals surface area contributed by atoms with Crippen LogP contribution in [0.1, 0.15) is 39.9 Å². The number of carboxylic acids is 1. The quantitative estimate of drug-likeness (QED) is 0.717. The highest BCUT2D eigenvalue weighted by atomic mass is 16.4.